The maximum atomic E-state index is 12.5. The fourth-order valence-corrected chi connectivity index (χ4v) is 3.30. The number of aromatic nitrogens is 3. The Kier molecular flexibility index (Phi) is 4.96. The van der Waals surface area contributed by atoms with E-state index in [2.05, 4.69) is 25.6 Å². The molecule has 128 valence electrons. The van der Waals surface area contributed by atoms with Crippen LogP contribution in [0.15, 0.2) is 30.6 Å². The maximum absolute atomic E-state index is 12.5. The SMILES string of the molecule is Cc1cc(Nc2ncc(C(=O)Nc3c(C)ccnc3C)s2)cc(Cl)n1. The Morgan fingerprint density at radius 1 is 1.20 bits per heavy atom. The van der Waals surface area contributed by atoms with Crippen LogP contribution < -0.4 is 10.6 Å². The predicted molar refractivity (Wildman–Crippen MR) is 101 cm³/mol. The van der Waals surface area contributed by atoms with Gasteiger partial charge in [0.2, 0.25) is 0 Å². The van der Waals surface area contributed by atoms with Gasteiger partial charge in [-0.25, -0.2) is 9.97 Å². The monoisotopic (exact) mass is 373 g/mol. The second kappa shape index (κ2) is 7.16. The third-order valence-corrected chi connectivity index (χ3v) is 4.60. The number of thiazole rings is 1. The Hall–Kier alpha value is -2.51. The first-order chi connectivity index (χ1) is 11.9. The molecular formula is C17H16ClN5OS. The Morgan fingerprint density at radius 2 is 2.00 bits per heavy atom. The van der Waals surface area contributed by atoms with Crippen molar-refractivity contribution < 1.29 is 4.79 Å². The summed E-state index contributed by atoms with van der Waals surface area (Å²) >= 11 is 7.21. The van der Waals surface area contributed by atoms with E-state index in [0.29, 0.717) is 15.2 Å². The minimum Gasteiger partial charge on any atom is -0.331 e. The number of amides is 1. The largest absolute Gasteiger partial charge is 0.331 e. The van der Waals surface area contributed by atoms with Gasteiger partial charge in [0.05, 0.1) is 17.6 Å². The van der Waals surface area contributed by atoms with Gasteiger partial charge in [0.15, 0.2) is 5.13 Å². The van der Waals surface area contributed by atoms with Crippen molar-refractivity contribution >= 4 is 45.4 Å². The Bertz CT molecular complexity index is 900. The van der Waals surface area contributed by atoms with Crippen LogP contribution in [0, 0.1) is 20.8 Å². The highest BCUT2D eigenvalue weighted by Gasteiger charge is 2.14. The van der Waals surface area contributed by atoms with Crippen molar-refractivity contribution in [3.05, 3.63) is 57.6 Å². The standard InChI is InChI=1S/C17H16ClN5OS/c1-9-4-5-19-11(3)15(9)23-16(24)13-8-20-17(25-13)22-12-6-10(2)21-14(18)7-12/h4-8H,1-3H3,(H,23,24)(H,20,21,22). The van der Waals surface area contributed by atoms with Crippen molar-refractivity contribution in [2.45, 2.75) is 20.8 Å². The number of hydrogen-bond donors (Lipinski definition) is 2. The maximum Gasteiger partial charge on any atom is 0.267 e. The highest BCUT2D eigenvalue weighted by Crippen LogP contribution is 2.26. The summed E-state index contributed by atoms with van der Waals surface area (Å²) < 4.78 is 0. The molecule has 0 saturated carbocycles. The van der Waals surface area contributed by atoms with E-state index in [4.69, 9.17) is 11.6 Å². The van der Waals surface area contributed by atoms with Gasteiger partial charge < -0.3 is 10.6 Å². The van der Waals surface area contributed by atoms with Crippen molar-refractivity contribution in [2.24, 2.45) is 0 Å². The third-order valence-electron chi connectivity index (χ3n) is 3.49. The van der Waals surface area contributed by atoms with Gasteiger partial charge in [-0.05, 0) is 44.5 Å². The molecule has 0 spiro atoms. The molecule has 1 amide bonds. The molecule has 0 unspecified atom stereocenters. The molecule has 3 heterocycles. The van der Waals surface area contributed by atoms with Gasteiger partial charge in [-0.15, -0.1) is 0 Å². The van der Waals surface area contributed by atoms with Crippen molar-refractivity contribution in [2.75, 3.05) is 10.6 Å². The number of hydrogen-bond acceptors (Lipinski definition) is 6. The van der Waals surface area contributed by atoms with Crippen LogP contribution in [0.25, 0.3) is 0 Å². The number of aryl methyl sites for hydroxylation is 3. The van der Waals surface area contributed by atoms with Crippen LogP contribution in [0.3, 0.4) is 0 Å². The molecular weight excluding hydrogens is 358 g/mol. The average molecular weight is 374 g/mol. The molecule has 0 aliphatic carbocycles. The first-order valence-electron chi connectivity index (χ1n) is 7.53. The van der Waals surface area contributed by atoms with E-state index in [1.807, 2.05) is 32.9 Å². The molecule has 3 rings (SSSR count). The topological polar surface area (TPSA) is 79.8 Å². The fourth-order valence-electron chi connectivity index (χ4n) is 2.32. The lowest BCUT2D eigenvalue weighted by Gasteiger charge is -2.09. The number of carbonyl (C=O) groups is 1. The highest BCUT2D eigenvalue weighted by molar-refractivity contribution is 7.17. The summed E-state index contributed by atoms with van der Waals surface area (Å²) in [5.41, 5.74) is 4.04. The minimum atomic E-state index is -0.214. The van der Waals surface area contributed by atoms with Gasteiger partial charge in [0, 0.05) is 17.6 Å². The van der Waals surface area contributed by atoms with Crippen molar-refractivity contribution in [1.29, 1.82) is 0 Å². The summed E-state index contributed by atoms with van der Waals surface area (Å²) in [4.78, 5) is 25.5. The molecule has 0 aliphatic rings. The van der Waals surface area contributed by atoms with E-state index in [1.54, 1.807) is 18.5 Å². The summed E-state index contributed by atoms with van der Waals surface area (Å²) in [7, 11) is 0. The lowest BCUT2D eigenvalue weighted by molar-refractivity contribution is 0.103. The number of nitrogens with one attached hydrogen (secondary N) is 2. The zero-order valence-corrected chi connectivity index (χ0v) is 15.5. The van der Waals surface area contributed by atoms with Crippen LogP contribution in [0.5, 0.6) is 0 Å². The Morgan fingerprint density at radius 3 is 2.72 bits per heavy atom. The highest BCUT2D eigenvalue weighted by atomic mass is 35.5. The zero-order chi connectivity index (χ0) is 18.0. The van der Waals surface area contributed by atoms with Gasteiger partial charge in [0.25, 0.3) is 5.91 Å². The predicted octanol–water partition coefficient (Wildman–Crippen LogP) is 4.51. The van der Waals surface area contributed by atoms with Crippen LogP contribution in [-0.4, -0.2) is 20.9 Å². The van der Waals surface area contributed by atoms with Crippen LogP contribution in [0.2, 0.25) is 5.15 Å². The van der Waals surface area contributed by atoms with Crippen molar-refractivity contribution in [3.63, 3.8) is 0 Å². The van der Waals surface area contributed by atoms with Crippen LogP contribution in [-0.2, 0) is 0 Å². The van der Waals surface area contributed by atoms with Gasteiger partial charge in [-0.2, -0.15) is 0 Å². The third kappa shape index (κ3) is 4.12. The molecule has 6 nitrogen and oxygen atoms in total. The van der Waals surface area contributed by atoms with Gasteiger partial charge in [-0.1, -0.05) is 22.9 Å². The normalized spacial score (nSPS) is 10.6. The molecule has 25 heavy (non-hydrogen) atoms. The number of pyridine rings is 2. The molecule has 0 saturated heterocycles. The average Bonchev–Trinajstić information content (AvgIpc) is 2.98. The number of carbonyl (C=O) groups excluding carboxylic acids is 1. The van der Waals surface area contributed by atoms with E-state index in [1.165, 1.54) is 11.3 Å². The number of rotatable bonds is 4. The van der Waals surface area contributed by atoms with Gasteiger partial charge in [0.1, 0.15) is 10.0 Å². The van der Waals surface area contributed by atoms with E-state index < -0.39 is 0 Å². The van der Waals surface area contributed by atoms with E-state index >= 15 is 0 Å². The zero-order valence-electron chi connectivity index (χ0n) is 13.9. The molecule has 0 aliphatic heterocycles. The first-order valence-corrected chi connectivity index (χ1v) is 8.72. The van der Waals surface area contributed by atoms with E-state index in [0.717, 1.165) is 28.3 Å². The molecule has 0 atom stereocenters. The summed E-state index contributed by atoms with van der Waals surface area (Å²) in [6.45, 7) is 5.65. The molecule has 0 bridgehead atoms. The second-order valence-corrected chi connectivity index (χ2v) is 6.93. The quantitative estimate of drug-likeness (QED) is 0.658. The smallest absolute Gasteiger partial charge is 0.267 e. The molecule has 3 aromatic rings. The van der Waals surface area contributed by atoms with Crippen LogP contribution >= 0.6 is 22.9 Å². The lowest BCUT2D eigenvalue weighted by Crippen LogP contribution is -2.12. The number of anilines is 3. The minimum absolute atomic E-state index is 0.214. The first kappa shape index (κ1) is 17.3. The molecule has 3 aromatic heterocycles. The van der Waals surface area contributed by atoms with Crippen molar-refractivity contribution in [1.82, 2.24) is 15.0 Å². The summed E-state index contributed by atoms with van der Waals surface area (Å²) in [6.07, 6.45) is 3.26. The Labute approximate surface area is 154 Å². The summed E-state index contributed by atoms with van der Waals surface area (Å²) in [5.74, 6) is -0.214. The molecule has 2 N–H and O–H groups in total. The van der Waals surface area contributed by atoms with Crippen molar-refractivity contribution in [3.8, 4) is 0 Å². The lowest BCUT2D eigenvalue weighted by atomic mass is 10.2. The number of nitrogens with zero attached hydrogens (tertiary/aromatic N) is 3. The summed E-state index contributed by atoms with van der Waals surface area (Å²) in [5, 5.41) is 7.04. The molecule has 8 heteroatoms. The second-order valence-electron chi connectivity index (χ2n) is 5.52. The fraction of sp³-hybridized carbons (Fsp3) is 0.176. The number of halogens is 1. The van der Waals surface area contributed by atoms with Crippen LogP contribution in [0.1, 0.15) is 26.6 Å². The van der Waals surface area contributed by atoms with Gasteiger partial charge in [-0.3, -0.25) is 9.78 Å². The Balaban J connectivity index is 1.75. The molecule has 0 aromatic carbocycles. The van der Waals surface area contributed by atoms with E-state index in [9.17, 15) is 4.79 Å². The van der Waals surface area contributed by atoms with Gasteiger partial charge >= 0.3 is 0 Å². The summed E-state index contributed by atoms with van der Waals surface area (Å²) in [6, 6.07) is 5.42. The molecule has 0 fully saturated rings. The molecule has 0 radical (unpaired) electrons. The van der Waals surface area contributed by atoms with E-state index in [-0.39, 0.29) is 5.91 Å². The van der Waals surface area contributed by atoms with Crippen LogP contribution in [0.4, 0.5) is 16.5 Å².